The van der Waals surface area contributed by atoms with Crippen LogP contribution in [0.4, 0.5) is 5.69 Å². The fourth-order valence-electron chi connectivity index (χ4n) is 3.97. The standard InChI is InChI=1S/C25H23N3O4/c1-15-13-18(14-21-23(29)26-28(24(21)30)19-9-6-5-7-10-19)17(3)27(15)22-12-8-11-20(16(22)2)25(31)32-4/h5-14H,1-4H3,(H,26,29). The summed E-state index contributed by atoms with van der Waals surface area (Å²) in [7, 11) is 1.35. The Labute approximate surface area is 185 Å². The first-order valence-corrected chi connectivity index (χ1v) is 10.1. The van der Waals surface area contributed by atoms with Gasteiger partial charge < -0.3 is 9.30 Å². The molecule has 1 aliphatic rings. The number of ether oxygens (including phenoxy) is 1. The van der Waals surface area contributed by atoms with Gasteiger partial charge in [0.2, 0.25) is 0 Å². The van der Waals surface area contributed by atoms with E-state index in [0.29, 0.717) is 11.3 Å². The number of benzene rings is 2. The molecule has 32 heavy (non-hydrogen) atoms. The van der Waals surface area contributed by atoms with Crippen molar-refractivity contribution in [2.24, 2.45) is 0 Å². The Bertz CT molecular complexity index is 1270. The number of aromatic nitrogens is 1. The molecule has 4 rings (SSSR count). The van der Waals surface area contributed by atoms with Crippen LogP contribution in [0.3, 0.4) is 0 Å². The van der Waals surface area contributed by atoms with E-state index in [-0.39, 0.29) is 5.57 Å². The van der Waals surface area contributed by atoms with Gasteiger partial charge in [0.05, 0.1) is 18.4 Å². The lowest BCUT2D eigenvalue weighted by atomic mass is 10.1. The zero-order valence-electron chi connectivity index (χ0n) is 18.3. The normalized spacial score (nSPS) is 14.8. The number of hydrazine groups is 1. The van der Waals surface area contributed by atoms with Gasteiger partial charge in [-0.05, 0) is 68.3 Å². The molecule has 1 aliphatic heterocycles. The SMILES string of the molecule is COC(=O)c1cccc(-n2c(C)cc(C=C3C(=O)NN(c4ccccc4)C3=O)c2C)c1C. The lowest BCUT2D eigenvalue weighted by Gasteiger charge is -2.15. The molecule has 162 valence electrons. The number of nitrogens with zero attached hydrogens (tertiary/aromatic N) is 2. The first kappa shape index (κ1) is 21.1. The maximum absolute atomic E-state index is 12.9. The summed E-state index contributed by atoms with van der Waals surface area (Å²) in [6.07, 6.45) is 1.61. The van der Waals surface area contributed by atoms with Crippen molar-refractivity contribution < 1.29 is 19.1 Å². The van der Waals surface area contributed by atoms with Crippen LogP contribution in [0.1, 0.15) is 32.9 Å². The number of methoxy groups -OCH3 is 1. The van der Waals surface area contributed by atoms with Gasteiger partial charge in [0.1, 0.15) is 5.57 Å². The average Bonchev–Trinajstić information content (AvgIpc) is 3.23. The van der Waals surface area contributed by atoms with Gasteiger partial charge in [-0.15, -0.1) is 0 Å². The highest BCUT2D eigenvalue weighted by Gasteiger charge is 2.34. The van der Waals surface area contributed by atoms with Crippen LogP contribution in [0.15, 0.2) is 60.2 Å². The quantitative estimate of drug-likeness (QED) is 0.390. The van der Waals surface area contributed by atoms with Crippen molar-refractivity contribution in [3.8, 4) is 5.69 Å². The van der Waals surface area contributed by atoms with Gasteiger partial charge in [-0.3, -0.25) is 15.0 Å². The first-order chi connectivity index (χ1) is 15.3. The molecular formula is C25H23N3O4. The Morgan fingerprint density at radius 1 is 1.00 bits per heavy atom. The van der Waals surface area contributed by atoms with Crippen LogP contribution in [0.25, 0.3) is 11.8 Å². The minimum Gasteiger partial charge on any atom is -0.465 e. The van der Waals surface area contributed by atoms with Crippen molar-refractivity contribution in [2.75, 3.05) is 12.1 Å². The third-order valence-corrected chi connectivity index (χ3v) is 5.63. The Kier molecular flexibility index (Phi) is 5.40. The topological polar surface area (TPSA) is 80.6 Å². The number of esters is 1. The van der Waals surface area contributed by atoms with Gasteiger partial charge in [-0.25, -0.2) is 9.80 Å². The molecule has 0 spiro atoms. The van der Waals surface area contributed by atoms with E-state index in [1.165, 1.54) is 12.1 Å². The van der Waals surface area contributed by atoms with E-state index in [2.05, 4.69) is 5.43 Å². The second kappa shape index (κ2) is 8.19. The highest BCUT2D eigenvalue weighted by Crippen LogP contribution is 2.28. The van der Waals surface area contributed by atoms with Gasteiger partial charge in [0.15, 0.2) is 0 Å². The van der Waals surface area contributed by atoms with Crippen molar-refractivity contribution in [3.05, 3.63) is 88.2 Å². The molecule has 0 unspecified atom stereocenters. The number of carbonyl (C=O) groups is 3. The molecule has 7 heteroatoms. The molecule has 3 aromatic rings. The zero-order chi connectivity index (χ0) is 23.0. The van der Waals surface area contributed by atoms with E-state index in [4.69, 9.17) is 4.74 Å². The number of aryl methyl sites for hydroxylation is 1. The van der Waals surface area contributed by atoms with Gasteiger partial charge in [-0.2, -0.15) is 0 Å². The molecule has 0 radical (unpaired) electrons. The Morgan fingerprint density at radius 2 is 1.72 bits per heavy atom. The van der Waals surface area contributed by atoms with Crippen LogP contribution in [0.2, 0.25) is 0 Å². The van der Waals surface area contributed by atoms with Crippen LogP contribution in [-0.2, 0) is 14.3 Å². The molecule has 1 aromatic heterocycles. The van der Waals surface area contributed by atoms with Gasteiger partial charge in [-0.1, -0.05) is 24.3 Å². The first-order valence-electron chi connectivity index (χ1n) is 10.1. The van der Waals surface area contributed by atoms with Gasteiger partial charge >= 0.3 is 5.97 Å². The molecule has 0 aliphatic carbocycles. The molecule has 2 heterocycles. The fourth-order valence-corrected chi connectivity index (χ4v) is 3.97. The van der Waals surface area contributed by atoms with E-state index in [1.54, 1.807) is 42.5 Å². The summed E-state index contributed by atoms with van der Waals surface area (Å²) >= 11 is 0. The highest BCUT2D eigenvalue weighted by atomic mass is 16.5. The summed E-state index contributed by atoms with van der Waals surface area (Å²) in [5.41, 5.74) is 7.88. The summed E-state index contributed by atoms with van der Waals surface area (Å²) in [6, 6.07) is 16.3. The number of amides is 2. The van der Waals surface area contributed by atoms with Crippen LogP contribution >= 0.6 is 0 Å². The lowest BCUT2D eigenvalue weighted by molar-refractivity contribution is -0.117. The number of hydrogen-bond donors (Lipinski definition) is 1. The van der Waals surface area contributed by atoms with E-state index < -0.39 is 17.8 Å². The number of anilines is 1. The van der Waals surface area contributed by atoms with Crippen LogP contribution < -0.4 is 10.4 Å². The molecule has 1 saturated heterocycles. The van der Waals surface area contributed by atoms with Crippen molar-refractivity contribution in [2.45, 2.75) is 20.8 Å². The number of nitrogens with one attached hydrogen (secondary N) is 1. The van der Waals surface area contributed by atoms with E-state index >= 15 is 0 Å². The summed E-state index contributed by atoms with van der Waals surface area (Å²) in [6.45, 7) is 5.71. The Balaban J connectivity index is 1.75. The van der Waals surface area contributed by atoms with Crippen LogP contribution in [-0.4, -0.2) is 29.5 Å². The minimum atomic E-state index is -0.451. The maximum Gasteiger partial charge on any atom is 0.338 e. The predicted octanol–water partition coefficient (Wildman–Crippen LogP) is 3.65. The van der Waals surface area contributed by atoms with E-state index in [9.17, 15) is 14.4 Å². The van der Waals surface area contributed by atoms with Crippen molar-refractivity contribution in [1.82, 2.24) is 9.99 Å². The minimum absolute atomic E-state index is 0.0640. The molecule has 1 fully saturated rings. The molecule has 1 N–H and O–H groups in total. The number of rotatable bonds is 4. The second-order valence-electron chi connectivity index (χ2n) is 7.58. The number of hydrogen-bond acceptors (Lipinski definition) is 4. The number of para-hydroxylation sites is 1. The molecule has 0 atom stereocenters. The van der Waals surface area contributed by atoms with Crippen molar-refractivity contribution in [3.63, 3.8) is 0 Å². The third kappa shape index (κ3) is 3.47. The van der Waals surface area contributed by atoms with E-state index in [1.807, 2.05) is 43.5 Å². The van der Waals surface area contributed by atoms with Crippen LogP contribution in [0.5, 0.6) is 0 Å². The summed E-state index contributed by atoms with van der Waals surface area (Å²) in [4.78, 5) is 37.6. The molecular weight excluding hydrogens is 406 g/mol. The summed E-state index contributed by atoms with van der Waals surface area (Å²) in [5.74, 6) is -1.26. The second-order valence-corrected chi connectivity index (χ2v) is 7.58. The molecule has 0 saturated carbocycles. The maximum atomic E-state index is 12.9. The molecule has 2 aromatic carbocycles. The predicted molar refractivity (Wildman–Crippen MR) is 121 cm³/mol. The Morgan fingerprint density at radius 3 is 2.41 bits per heavy atom. The largest absolute Gasteiger partial charge is 0.465 e. The van der Waals surface area contributed by atoms with Crippen molar-refractivity contribution in [1.29, 1.82) is 0 Å². The lowest BCUT2D eigenvalue weighted by Crippen LogP contribution is -2.35. The third-order valence-electron chi connectivity index (χ3n) is 5.63. The van der Waals surface area contributed by atoms with Crippen molar-refractivity contribution >= 4 is 29.5 Å². The zero-order valence-corrected chi connectivity index (χ0v) is 18.3. The molecule has 0 bridgehead atoms. The number of carbonyl (C=O) groups excluding carboxylic acids is 3. The monoisotopic (exact) mass is 429 g/mol. The van der Waals surface area contributed by atoms with Gasteiger partial charge in [0, 0.05) is 17.1 Å². The summed E-state index contributed by atoms with van der Waals surface area (Å²) in [5, 5.41) is 1.25. The van der Waals surface area contributed by atoms with Crippen LogP contribution in [0, 0.1) is 20.8 Å². The highest BCUT2D eigenvalue weighted by molar-refractivity contribution is 6.31. The smallest absolute Gasteiger partial charge is 0.338 e. The van der Waals surface area contributed by atoms with Gasteiger partial charge in [0.25, 0.3) is 11.8 Å². The average molecular weight is 429 g/mol. The molecule has 7 nitrogen and oxygen atoms in total. The Hall–Kier alpha value is -4.13. The summed E-state index contributed by atoms with van der Waals surface area (Å²) < 4.78 is 6.89. The fraction of sp³-hybridized carbons (Fsp3) is 0.160. The molecule has 2 amide bonds. The van der Waals surface area contributed by atoms with E-state index in [0.717, 1.165) is 28.2 Å².